The van der Waals surface area contributed by atoms with E-state index in [0.717, 1.165) is 17.5 Å². The lowest BCUT2D eigenvalue weighted by atomic mass is 10.1. The van der Waals surface area contributed by atoms with Gasteiger partial charge in [0.15, 0.2) is 0 Å². The highest BCUT2D eigenvalue weighted by Crippen LogP contribution is 2.38. The molecule has 4 rings (SSSR count). The molecule has 1 aliphatic rings. The van der Waals surface area contributed by atoms with Crippen molar-refractivity contribution < 1.29 is 9.53 Å². The van der Waals surface area contributed by atoms with Crippen LogP contribution in [0.3, 0.4) is 0 Å². The molecule has 188 valence electrons. The molecule has 0 spiro atoms. The van der Waals surface area contributed by atoms with Crippen molar-refractivity contribution in [2.75, 3.05) is 18.5 Å². The number of fused-ring (bicyclic) bond motifs is 1. The van der Waals surface area contributed by atoms with Crippen LogP contribution in [0.5, 0.6) is 0 Å². The van der Waals surface area contributed by atoms with Crippen LogP contribution in [0.2, 0.25) is 0 Å². The van der Waals surface area contributed by atoms with Crippen molar-refractivity contribution in [1.82, 2.24) is 14.3 Å². The highest BCUT2D eigenvalue weighted by Gasteiger charge is 2.36. The summed E-state index contributed by atoms with van der Waals surface area (Å²) < 4.78 is 7.60. The first-order valence-electron chi connectivity index (χ1n) is 12.0. The number of benzene rings is 1. The normalized spacial score (nSPS) is 15.9. The lowest BCUT2D eigenvalue weighted by Gasteiger charge is -2.23. The van der Waals surface area contributed by atoms with E-state index in [2.05, 4.69) is 5.32 Å². The molecule has 1 atom stereocenters. The number of thiocarbonyl (C=S) groups is 1. The van der Waals surface area contributed by atoms with E-state index in [1.54, 1.807) is 17.2 Å². The topological polar surface area (TPSA) is 75.9 Å². The van der Waals surface area contributed by atoms with Gasteiger partial charge in [0.25, 0.3) is 11.5 Å². The van der Waals surface area contributed by atoms with E-state index < -0.39 is 0 Å². The van der Waals surface area contributed by atoms with Crippen molar-refractivity contribution in [3.8, 4) is 0 Å². The van der Waals surface area contributed by atoms with Crippen LogP contribution in [-0.4, -0.2) is 43.8 Å². The zero-order valence-electron chi connectivity index (χ0n) is 20.9. The third-order valence-corrected chi connectivity index (χ3v) is 7.25. The van der Waals surface area contributed by atoms with E-state index in [1.165, 1.54) is 16.2 Å². The van der Waals surface area contributed by atoms with E-state index in [-0.39, 0.29) is 23.6 Å². The molecule has 3 heterocycles. The maximum absolute atomic E-state index is 13.5. The summed E-state index contributed by atoms with van der Waals surface area (Å²) in [7, 11) is 0. The number of nitrogens with zero attached hydrogens (tertiary/aromatic N) is 3. The molecule has 1 N–H and O–H groups in total. The molecule has 7 nitrogen and oxygen atoms in total. The van der Waals surface area contributed by atoms with Crippen LogP contribution >= 0.6 is 24.0 Å². The van der Waals surface area contributed by atoms with E-state index >= 15 is 0 Å². The molecule has 36 heavy (non-hydrogen) atoms. The average Bonchev–Trinajstić information content (AvgIpc) is 3.14. The largest absolute Gasteiger partial charge is 0.379 e. The Hall–Kier alpha value is -3.01. The van der Waals surface area contributed by atoms with Crippen molar-refractivity contribution in [2.24, 2.45) is 0 Å². The number of pyridine rings is 1. The number of thioether (sulfide) groups is 1. The number of carbonyl (C=O) groups excluding carboxylic acids is 1. The SMILES string of the molecule is Cc1cccn2c(=O)c(/C=C3\SC(=S)N([C@H](C)c4ccccc4)C3=O)c(NCCCOC(C)C)nc12. The summed E-state index contributed by atoms with van der Waals surface area (Å²) >= 11 is 6.77. The summed E-state index contributed by atoms with van der Waals surface area (Å²) in [5, 5.41) is 3.29. The van der Waals surface area contributed by atoms with Gasteiger partial charge in [-0.3, -0.25) is 18.9 Å². The first kappa shape index (κ1) is 26.1. The molecular formula is C27H30N4O3S2. The predicted molar refractivity (Wildman–Crippen MR) is 150 cm³/mol. The Morgan fingerprint density at radius 2 is 1.89 bits per heavy atom. The number of ether oxygens (including phenoxy) is 1. The van der Waals surface area contributed by atoms with Gasteiger partial charge >= 0.3 is 0 Å². The molecule has 3 aromatic rings. The molecule has 1 fully saturated rings. The van der Waals surface area contributed by atoms with Crippen molar-refractivity contribution in [1.29, 1.82) is 0 Å². The molecule has 0 unspecified atom stereocenters. The van der Waals surface area contributed by atoms with E-state index in [9.17, 15) is 9.59 Å². The van der Waals surface area contributed by atoms with Gasteiger partial charge in [0.05, 0.1) is 22.6 Å². The lowest BCUT2D eigenvalue weighted by molar-refractivity contribution is -0.123. The Bertz CT molecular complexity index is 1370. The van der Waals surface area contributed by atoms with Gasteiger partial charge in [-0.05, 0) is 57.4 Å². The van der Waals surface area contributed by atoms with Crippen molar-refractivity contribution in [2.45, 2.75) is 46.3 Å². The van der Waals surface area contributed by atoms with Gasteiger partial charge in [-0.2, -0.15) is 0 Å². The van der Waals surface area contributed by atoms with Crippen LogP contribution < -0.4 is 10.9 Å². The van der Waals surface area contributed by atoms with E-state index in [0.29, 0.717) is 39.4 Å². The van der Waals surface area contributed by atoms with Gasteiger partial charge < -0.3 is 10.1 Å². The number of hydrogen-bond acceptors (Lipinski definition) is 7. The van der Waals surface area contributed by atoms with Gasteiger partial charge in [-0.25, -0.2) is 4.98 Å². The summed E-state index contributed by atoms with van der Waals surface area (Å²) in [4.78, 5) is 33.7. The second-order valence-corrected chi connectivity index (χ2v) is 10.6. The molecule has 1 amide bonds. The van der Waals surface area contributed by atoms with Crippen LogP contribution in [-0.2, 0) is 9.53 Å². The number of rotatable bonds is 9. The summed E-state index contributed by atoms with van der Waals surface area (Å²) in [5.74, 6) is 0.228. The summed E-state index contributed by atoms with van der Waals surface area (Å²) in [6.07, 6.45) is 4.22. The van der Waals surface area contributed by atoms with Crippen molar-refractivity contribution in [3.63, 3.8) is 0 Å². The molecule has 0 aliphatic carbocycles. The van der Waals surface area contributed by atoms with Gasteiger partial charge in [0.2, 0.25) is 0 Å². The molecule has 1 aromatic carbocycles. The monoisotopic (exact) mass is 522 g/mol. The second kappa shape index (κ2) is 11.4. The Morgan fingerprint density at radius 1 is 1.14 bits per heavy atom. The molecule has 1 saturated heterocycles. The number of aromatic nitrogens is 2. The third-order valence-electron chi connectivity index (χ3n) is 5.92. The molecule has 9 heteroatoms. The minimum atomic E-state index is -0.244. The molecule has 0 radical (unpaired) electrons. The quantitative estimate of drug-likeness (QED) is 0.235. The fourth-order valence-electron chi connectivity index (χ4n) is 4.00. The zero-order chi connectivity index (χ0) is 25.8. The number of hydrogen-bond donors (Lipinski definition) is 1. The van der Waals surface area contributed by atoms with Crippen LogP contribution in [0.4, 0.5) is 5.82 Å². The number of anilines is 1. The first-order valence-corrected chi connectivity index (χ1v) is 13.2. The Balaban J connectivity index is 1.69. The standard InChI is InChI=1S/C27H30N4O3S2/c1-17(2)34-15-9-13-28-23-21(25(32)30-14-8-10-18(3)24(30)29-23)16-22-26(33)31(27(35)36-22)19(4)20-11-6-5-7-12-20/h5-8,10-12,14,16-17,19,28H,9,13,15H2,1-4H3/b22-16-/t19-/m1/s1. The Kier molecular flexibility index (Phi) is 8.23. The highest BCUT2D eigenvalue weighted by atomic mass is 32.2. The summed E-state index contributed by atoms with van der Waals surface area (Å²) in [6, 6.07) is 13.3. The van der Waals surface area contributed by atoms with Gasteiger partial charge in [-0.1, -0.05) is 60.4 Å². The summed E-state index contributed by atoms with van der Waals surface area (Å²) in [5.41, 5.74) is 2.53. The number of carbonyl (C=O) groups is 1. The first-order chi connectivity index (χ1) is 17.3. The maximum Gasteiger partial charge on any atom is 0.267 e. The highest BCUT2D eigenvalue weighted by molar-refractivity contribution is 8.26. The van der Waals surface area contributed by atoms with Crippen LogP contribution in [0.15, 0.2) is 58.4 Å². The molecule has 1 aliphatic heterocycles. The second-order valence-electron chi connectivity index (χ2n) is 8.90. The predicted octanol–water partition coefficient (Wildman–Crippen LogP) is 5.19. The lowest BCUT2D eigenvalue weighted by Crippen LogP contribution is -2.31. The minimum Gasteiger partial charge on any atom is -0.379 e. The molecule has 2 aromatic heterocycles. The van der Waals surface area contributed by atoms with Crippen LogP contribution in [0, 0.1) is 6.92 Å². The minimum absolute atomic E-state index is 0.159. The van der Waals surface area contributed by atoms with Gasteiger partial charge in [-0.15, -0.1) is 0 Å². The van der Waals surface area contributed by atoms with Crippen LogP contribution in [0.25, 0.3) is 11.7 Å². The fraction of sp³-hybridized carbons (Fsp3) is 0.333. The maximum atomic E-state index is 13.5. The van der Waals surface area contributed by atoms with Crippen LogP contribution in [0.1, 0.15) is 49.9 Å². The summed E-state index contributed by atoms with van der Waals surface area (Å²) in [6.45, 7) is 9.03. The number of aryl methyl sites for hydroxylation is 1. The van der Waals surface area contributed by atoms with E-state index in [1.807, 2.05) is 70.2 Å². The molecule has 0 bridgehead atoms. The molecular weight excluding hydrogens is 492 g/mol. The van der Waals surface area contributed by atoms with Crippen molar-refractivity contribution >= 4 is 51.7 Å². The number of nitrogens with one attached hydrogen (secondary N) is 1. The van der Waals surface area contributed by atoms with Gasteiger partial charge in [0.1, 0.15) is 15.8 Å². The zero-order valence-corrected chi connectivity index (χ0v) is 22.5. The number of amides is 1. The Morgan fingerprint density at radius 3 is 2.61 bits per heavy atom. The average molecular weight is 523 g/mol. The Labute approximate surface area is 220 Å². The van der Waals surface area contributed by atoms with Crippen molar-refractivity contribution in [3.05, 3.63) is 80.6 Å². The third kappa shape index (κ3) is 5.53. The van der Waals surface area contributed by atoms with Gasteiger partial charge in [0, 0.05) is 19.3 Å². The smallest absolute Gasteiger partial charge is 0.267 e. The van der Waals surface area contributed by atoms with E-state index in [4.69, 9.17) is 21.9 Å². The fourth-order valence-corrected chi connectivity index (χ4v) is 5.40. The molecule has 0 saturated carbocycles.